The van der Waals surface area contributed by atoms with Gasteiger partial charge in [-0.25, -0.2) is 0 Å². The van der Waals surface area contributed by atoms with Crippen LogP contribution in [0.25, 0.3) is 10.9 Å². The fraction of sp³-hybridized carbons (Fsp3) is 0.222. The number of aliphatic hydroxyl groups is 1. The Kier molecular flexibility index (Phi) is 3.75. The predicted molar refractivity (Wildman–Crippen MR) is 87.9 cm³/mol. The number of aromatic nitrogens is 1. The van der Waals surface area contributed by atoms with Gasteiger partial charge < -0.3 is 9.67 Å². The maximum Gasteiger partial charge on any atom is 0.115 e. The Morgan fingerprint density at radius 1 is 1.00 bits per heavy atom. The van der Waals surface area contributed by atoms with E-state index in [-0.39, 0.29) is 6.61 Å². The molecule has 108 valence electrons. The van der Waals surface area contributed by atoms with E-state index in [1.807, 2.05) is 12.1 Å². The summed E-state index contributed by atoms with van der Waals surface area (Å²) in [6.45, 7) is 4.81. The molecule has 0 unspecified atom stereocenters. The molecule has 3 rings (SSSR count). The monoisotopic (exact) mass is 299 g/mol. The van der Waals surface area contributed by atoms with Gasteiger partial charge in [-0.3, -0.25) is 0 Å². The van der Waals surface area contributed by atoms with Gasteiger partial charge in [0.1, 0.15) is 5.15 Å². The second-order valence-electron chi connectivity index (χ2n) is 5.52. The zero-order valence-corrected chi connectivity index (χ0v) is 13.0. The summed E-state index contributed by atoms with van der Waals surface area (Å²) in [6, 6.07) is 14.6. The molecule has 0 aliphatic rings. The van der Waals surface area contributed by atoms with Crippen molar-refractivity contribution in [3.05, 3.63) is 69.9 Å². The second-order valence-corrected chi connectivity index (χ2v) is 5.88. The Balaban J connectivity index is 2.14. The van der Waals surface area contributed by atoms with Crippen molar-refractivity contribution in [2.45, 2.75) is 27.0 Å². The minimum absolute atomic E-state index is 0.0424. The topological polar surface area (TPSA) is 25.2 Å². The van der Waals surface area contributed by atoms with E-state index in [1.165, 1.54) is 16.7 Å². The number of hydrogen-bond acceptors (Lipinski definition) is 1. The summed E-state index contributed by atoms with van der Waals surface area (Å²) >= 11 is 6.49. The Bertz CT molecular complexity index is 787. The van der Waals surface area contributed by atoms with Gasteiger partial charge in [-0.15, -0.1) is 0 Å². The molecule has 1 heterocycles. The Morgan fingerprint density at radius 2 is 1.67 bits per heavy atom. The van der Waals surface area contributed by atoms with Crippen molar-refractivity contribution in [1.29, 1.82) is 0 Å². The molecule has 2 aromatic carbocycles. The third-order valence-corrected chi connectivity index (χ3v) is 4.31. The van der Waals surface area contributed by atoms with Gasteiger partial charge in [0.25, 0.3) is 0 Å². The smallest absolute Gasteiger partial charge is 0.115 e. The molecular weight excluding hydrogens is 282 g/mol. The number of aliphatic hydroxyl groups excluding tert-OH is 1. The fourth-order valence-electron chi connectivity index (χ4n) is 2.68. The van der Waals surface area contributed by atoms with Crippen LogP contribution in [0.3, 0.4) is 0 Å². The van der Waals surface area contributed by atoms with Crippen LogP contribution >= 0.6 is 11.6 Å². The standard InChI is InChI=1S/C18H18ClNO/c1-12-3-6-14(7-4-12)10-20-17-9-13(2)5-8-15(17)16(11-21)18(20)19/h3-9,21H,10-11H2,1-2H3. The van der Waals surface area contributed by atoms with Crippen LogP contribution in [0.15, 0.2) is 42.5 Å². The SMILES string of the molecule is Cc1ccc(Cn2c(Cl)c(CO)c3ccc(C)cc32)cc1. The molecule has 0 radical (unpaired) electrons. The van der Waals surface area contributed by atoms with Crippen molar-refractivity contribution in [3.8, 4) is 0 Å². The van der Waals surface area contributed by atoms with Crippen LogP contribution in [0, 0.1) is 13.8 Å². The number of nitrogens with zero attached hydrogens (tertiary/aromatic N) is 1. The molecule has 0 spiro atoms. The molecule has 0 saturated heterocycles. The summed E-state index contributed by atoms with van der Waals surface area (Å²) in [7, 11) is 0. The van der Waals surface area contributed by atoms with Crippen LogP contribution in [0.4, 0.5) is 0 Å². The zero-order valence-electron chi connectivity index (χ0n) is 12.2. The first-order valence-corrected chi connectivity index (χ1v) is 7.41. The van der Waals surface area contributed by atoms with Gasteiger partial charge >= 0.3 is 0 Å². The summed E-state index contributed by atoms with van der Waals surface area (Å²) in [5.74, 6) is 0. The summed E-state index contributed by atoms with van der Waals surface area (Å²) in [5.41, 5.74) is 5.51. The molecule has 21 heavy (non-hydrogen) atoms. The van der Waals surface area contributed by atoms with E-state index in [9.17, 15) is 5.11 Å². The van der Waals surface area contributed by atoms with Crippen molar-refractivity contribution in [3.63, 3.8) is 0 Å². The zero-order chi connectivity index (χ0) is 15.0. The maximum absolute atomic E-state index is 9.60. The number of fused-ring (bicyclic) bond motifs is 1. The van der Waals surface area contributed by atoms with Crippen LogP contribution in [0.5, 0.6) is 0 Å². The predicted octanol–water partition coefficient (Wildman–Crippen LogP) is 4.45. The van der Waals surface area contributed by atoms with Crippen molar-refractivity contribution in [2.75, 3.05) is 0 Å². The van der Waals surface area contributed by atoms with Crippen molar-refractivity contribution >= 4 is 22.5 Å². The van der Waals surface area contributed by atoms with E-state index in [4.69, 9.17) is 11.6 Å². The number of aryl methyl sites for hydroxylation is 2. The van der Waals surface area contributed by atoms with Crippen LogP contribution < -0.4 is 0 Å². The molecule has 0 aliphatic carbocycles. The van der Waals surface area contributed by atoms with E-state index in [0.29, 0.717) is 11.7 Å². The van der Waals surface area contributed by atoms with Gasteiger partial charge in [0.15, 0.2) is 0 Å². The summed E-state index contributed by atoms with van der Waals surface area (Å²) < 4.78 is 2.07. The van der Waals surface area contributed by atoms with Crippen molar-refractivity contribution in [2.24, 2.45) is 0 Å². The number of hydrogen-bond donors (Lipinski definition) is 1. The van der Waals surface area contributed by atoms with Gasteiger partial charge in [-0.2, -0.15) is 0 Å². The van der Waals surface area contributed by atoms with Crippen LogP contribution in [-0.2, 0) is 13.2 Å². The lowest BCUT2D eigenvalue weighted by atomic mass is 10.1. The minimum Gasteiger partial charge on any atom is -0.392 e. The third-order valence-electron chi connectivity index (χ3n) is 3.87. The fourth-order valence-corrected chi connectivity index (χ4v) is 2.99. The molecular formula is C18H18ClNO. The van der Waals surface area contributed by atoms with Crippen LogP contribution in [0.1, 0.15) is 22.3 Å². The van der Waals surface area contributed by atoms with E-state index in [0.717, 1.165) is 16.5 Å². The second kappa shape index (κ2) is 5.55. The number of benzene rings is 2. The highest BCUT2D eigenvalue weighted by atomic mass is 35.5. The molecule has 3 aromatic rings. The minimum atomic E-state index is -0.0424. The lowest BCUT2D eigenvalue weighted by Gasteiger charge is -2.08. The molecule has 0 amide bonds. The lowest BCUT2D eigenvalue weighted by molar-refractivity contribution is 0.283. The quantitative estimate of drug-likeness (QED) is 0.759. The summed E-state index contributed by atoms with van der Waals surface area (Å²) in [4.78, 5) is 0. The summed E-state index contributed by atoms with van der Waals surface area (Å²) in [6.07, 6.45) is 0. The van der Waals surface area contributed by atoms with Gasteiger partial charge in [0, 0.05) is 17.5 Å². The van der Waals surface area contributed by atoms with Crippen molar-refractivity contribution in [1.82, 2.24) is 4.57 Å². The number of rotatable bonds is 3. The molecule has 0 atom stereocenters. The van der Waals surface area contributed by atoms with E-state index in [1.54, 1.807) is 0 Å². The van der Waals surface area contributed by atoms with Crippen LogP contribution in [-0.4, -0.2) is 9.67 Å². The third kappa shape index (κ3) is 2.57. The van der Waals surface area contributed by atoms with Crippen LogP contribution in [0.2, 0.25) is 5.15 Å². The van der Waals surface area contributed by atoms with Crippen molar-refractivity contribution < 1.29 is 5.11 Å². The first-order chi connectivity index (χ1) is 10.1. The van der Waals surface area contributed by atoms with Gasteiger partial charge in [0.05, 0.1) is 12.1 Å². The molecule has 2 nitrogen and oxygen atoms in total. The van der Waals surface area contributed by atoms with E-state index >= 15 is 0 Å². The first-order valence-electron chi connectivity index (χ1n) is 7.04. The molecule has 0 saturated carbocycles. The molecule has 1 aromatic heterocycles. The molecule has 0 bridgehead atoms. The van der Waals surface area contributed by atoms with Gasteiger partial charge in [-0.1, -0.05) is 53.6 Å². The molecule has 3 heteroatoms. The van der Waals surface area contributed by atoms with Gasteiger partial charge in [0.2, 0.25) is 0 Å². The number of halogens is 1. The molecule has 0 aliphatic heterocycles. The average molecular weight is 300 g/mol. The summed E-state index contributed by atoms with van der Waals surface area (Å²) in [5, 5.41) is 11.3. The molecule has 1 N–H and O–H groups in total. The van der Waals surface area contributed by atoms with E-state index in [2.05, 4.69) is 48.7 Å². The first kappa shape index (κ1) is 14.2. The van der Waals surface area contributed by atoms with Gasteiger partial charge in [-0.05, 0) is 31.0 Å². The highest BCUT2D eigenvalue weighted by molar-refractivity contribution is 6.32. The van der Waals surface area contributed by atoms with E-state index < -0.39 is 0 Å². The Morgan fingerprint density at radius 3 is 2.33 bits per heavy atom. The highest BCUT2D eigenvalue weighted by Crippen LogP contribution is 2.31. The Labute approximate surface area is 129 Å². The molecule has 0 fully saturated rings. The maximum atomic E-state index is 9.60. The largest absolute Gasteiger partial charge is 0.392 e. The Hall–Kier alpha value is -1.77. The lowest BCUT2D eigenvalue weighted by Crippen LogP contribution is -2.00. The average Bonchev–Trinajstić information content (AvgIpc) is 2.73. The highest BCUT2D eigenvalue weighted by Gasteiger charge is 2.15. The normalized spacial score (nSPS) is 11.2.